The van der Waals surface area contributed by atoms with Gasteiger partial charge in [-0.1, -0.05) is 25.6 Å². The first-order valence-corrected chi connectivity index (χ1v) is 11.0. The quantitative estimate of drug-likeness (QED) is 0.392. The van der Waals surface area contributed by atoms with Gasteiger partial charge in [0.15, 0.2) is 0 Å². The lowest BCUT2D eigenvalue weighted by molar-refractivity contribution is -0.153. The summed E-state index contributed by atoms with van der Waals surface area (Å²) in [6.07, 6.45) is 0.218. The Bertz CT molecular complexity index is 625. The molecule has 22 heavy (non-hydrogen) atoms. The van der Waals surface area contributed by atoms with Crippen LogP contribution in [0.4, 0.5) is 5.69 Å². The minimum absolute atomic E-state index is 0.218. The molecule has 0 saturated carbocycles. The number of hydrogen-bond donors (Lipinski definition) is 1. The average molecular weight is 318 g/mol. The molecule has 120 valence electrons. The SMILES string of the molecule is Cc1c(N)cc(C#C[Si](C)(C)C)cc1CC(=O)OC(C)(C)C. The van der Waals surface area contributed by atoms with E-state index in [0.717, 1.165) is 16.7 Å². The number of carbonyl (C=O) groups is 1. The Morgan fingerprint density at radius 2 is 1.86 bits per heavy atom. The molecule has 1 rings (SSSR count). The first-order valence-electron chi connectivity index (χ1n) is 7.51. The van der Waals surface area contributed by atoms with Crippen molar-refractivity contribution < 1.29 is 9.53 Å². The minimum Gasteiger partial charge on any atom is -0.460 e. The lowest BCUT2D eigenvalue weighted by atomic mass is 10.0. The first-order chi connectivity index (χ1) is 9.87. The van der Waals surface area contributed by atoms with Crippen LogP contribution in [-0.4, -0.2) is 19.6 Å². The summed E-state index contributed by atoms with van der Waals surface area (Å²) in [6.45, 7) is 14.1. The largest absolute Gasteiger partial charge is 0.460 e. The molecule has 0 spiro atoms. The molecule has 2 N–H and O–H groups in total. The summed E-state index contributed by atoms with van der Waals surface area (Å²) in [7, 11) is -1.45. The molecule has 0 aliphatic carbocycles. The number of nitrogen functional groups attached to an aromatic ring is 1. The molecule has 3 nitrogen and oxygen atoms in total. The topological polar surface area (TPSA) is 52.3 Å². The van der Waals surface area contributed by atoms with Crippen molar-refractivity contribution in [3.63, 3.8) is 0 Å². The van der Waals surface area contributed by atoms with Gasteiger partial charge in [0.2, 0.25) is 0 Å². The molecule has 1 aromatic rings. The highest BCUT2D eigenvalue weighted by Gasteiger charge is 2.18. The van der Waals surface area contributed by atoms with Gasteiger partial charge in [-0.05, 0) is 51.0 Å². The molecule has 0 heterocycles. The van der Waals surface area contributed by atoms with Gasteiger partial charge >= 0.3 is 5.97 Å². The Morgan fingerprint density at radius 3 is 2.36 bits per heavy atom. The van der Waals surface area contributed by atoms with E-state index in [0.29, 0.717) is 5.69 Å². The molecule has 0 aromatic heterocycles. The second kappa shape index (κ2) is 6.58. The maximum atomic E-state index is 12.0. The van der Waals surface area contributed by atoms with Crippen molar-refractivity contribution in [2.24, 2.45) is 0 Å². The first kappa shape index (κ1) is 18.3. The summed E-state index contributed by atoms with van der Waals surface area (Å²) >= 11 is 0. The van der Waals surface area contributed by atoms with Gasteiger partial charge in [-0.15, -0.1) is 5.54 Å². The maximum absolute atomic E-state index is 12.0. The van der Waals surface area contributed by atoms with Gasteiger partial charge in [-0.2, -0.15) is 0 Å². The zero-order valence-electron chi connectivity index (χ0n) is 14.8. The van der Waals surface area contributed by atoms with Gasteiger partial charge in [-0.3, -0.25) is 4.79 Å². The number of carbonyl (C=O) groups excluding carboxylic acids is 1. The Labute approximate surface area is 135 Å². The van der Waals surface area contributed by atoms with E-state index in [-0.39, 0.29) is 12.4 Å². The summed E-state index contributed by atoms with van der Waals surface area (Å²) in [5.41, 5.74) is 12.2. The molecular weight excluding hydrogens is 290 g/mol. The number of rotatable bonds is 2. The summed E-state index contributed by atoms with van der Waals surface area (Å²) in [6, 6.07) is 3.82. The van der Waals surface area contributed by atoms with E-state index in [1.165, 1.54) is 0 Å². The van der Waals surface area contributed by atoms with Crippen LogP contribution in [0.15, 0.2) is 12.1 Å². The van der Waals surface area contributed by atoms with E-state index in [2.05, 4.69) is 31.1 Å². The van der Waals surface area contributed by atoms with Gasteiger partial charge in [0.1, 0.15) is 13.7 Å². The van der Waals surface area contributed by atoms with E-state index >= 15 is 0 Å². The second-order valence-corrected chi connectivity index (χ2v) is 12.4. The highest BCUT2D eigenvalue weighted by atomic mass is 28.3. The van der Waals surface area contributed by atoms with E-state index in [1.54, 1.807) is 0 Å². The Hall–Kier alpha value is -1.73. The van der Waals surface area contributed by atoms with Gasteiger partial charge in [-0.25, -0.2) is 0 Å². The Morgan fingerprint density at radius 1 is 1.27 bits per heavy atom. The lowest BCUT2D eigenvalue weighted by Crippen LogP contribution is -2.25. The van der Waals surface area contributed by atoms with Crippen molar-refractivity contribution in [3.8, 4) is 11.5 Å². The number of nitrogens with two attached hydrogens (primary N) is 1. The highest BCUT2D eigenvalue weighted by Crippen LogP contribution is 2.20. The van der Waals surface area contributed by atoms with Crippen LogP contribution in [0.1, 0.15) is 37.5 Å². The fourth-order valence-electron chi connectivity index (χ4n) is 1.85. The standard InChI is InChI=1S/C18H27NO2Si/c1-13-15(12-17(20)21-18(2,3)4)10-14(11-16(13)19)8-9-22(5,6)7/h10-11H,12,19H2,1-7H3. The van der Waals surface area contributed by atoms with Crippen LogP contribution in [0.3, 0.4) is 0 Å². The molecular formula is C18H27NO2Si. The average Bonchev–Trinajstić information content (AvgIpc) is 2.29. The highest BCUT2D eigenvalue weighted by molar-refractivity contribution is 6.83. The summed E-state index contributed by atoms with van der Waals surface area (Å²) in [5, 5.41) is 0. The summed E-state index contributed by atoms with van der Waals surface area (Å²) < 4.78 is 5.38. The Balaban J connectivity index is 3.07. The predicted molar refractivity (Wildman–Crippen MR) is 95.4 cm³/mol. The molecule has 0 unspecified atom stereocenters. The third-order valence-electron chi connectivity index (χ3n) is 2.89. The van der Waals surface area contributed by atoms with Crippen molar-refractivity contribution in [2.75, 3.05) is 5.73 Å². The van der Waals surface area contributed by atoms with Gasteiger partial charge < -0.3 is 10.5 Å². The van der Waals surface area contributed by atoms with Gasteiger partial charge in [0, 0.05) is 11.3 Å². The van der Waals surface area contributed by atoms with E-state index < -0.39 is 13.7 Å². The summed E-state index contributed by atoms with van der Waals surface area (Å²) in [4.78, 5) is 12.0. The van der Waals surface area contributed by atoms with Crippen molar-refractivity contribution in [1.82, 2.24) is 0 Å². The van der Waals surface area contributed by atoms with Gasteiger partial charge in [0.25, 0.3) is 0 Å². The van der Waals surface area contributed by atoms with Gasteiger partial charge in [0.05, 0.1) is 6.42 Å². The predicted octanol–water partition coefficient (Wildman–Crippen LogP) is 3.69. The fourth-order valence-corrected chi connectivity index (χ4v) is 2.37. The molecule has 0 radical (unpaired) electrons. The molecule has 0 aliphatic rings. The normalized spacial score (nSPS) is 11.6. The monoisotopic (exact) mass is 317 g/mol. The van der Waals surface area contributed by atoms with Crippen LogP contribution in [0.5, 0.6) is 0 Å². The number of ether oxygens (including phenoxy) is 1. The molecule has 0 saturated heterocycles. The number of esters is 1. The van der Waals surface area contributed by atoms with E-state index in [1.807, 2.05) is 39.8 Å². The number of benzene rings is 1. The maximum Gasteiger partial charge on any atom is 0.310 e. The van der Waals surface area contributed by atoms with Crippen LogP contribution in [0, 0.1) is 18.4 Å². The minimum atomic E-state index is -1.45. The van der Waals surface area contributed by atoms with Crippen molar-refractivity contribution in [3.05, 3.63) is 28.8 Å². The number of hydrogen-bond acceptors (Lipinski definition) is 3. The molecule has 0 aliphatic heterocycles. The zero-order chi connectivity index (χ0) is 17.1. The van der Waals surface area contributed by atoms with Crippen molar-refractivity contribution in [2.45, 2.75) is 59.4 Å². The van der Waals surface area contributed by atoms with E-state index in [4.69, 9.17) is 10.5 Å². The smallest absolute Gasteiger partial charge is 0.310 e. The fraction of sp³-hybridized carbons (Fsp3) is 0.500. The molecule has 4 heteroatoms. The van der Waals surface area contributed by atoms with Crippen molar-refractivity contribution in [1.29, 1.82) is 0 Å². The molecule has 1 aromatic carbocycles. The molecule has 0 bridgehead atoms. The third-order valence-corrected chi connectivity index (χ3v) is 3.77. The van der Waals surface area contributed by atoms with Crippen LogP contribution in [-0.2, 0) is 16.0 Å². The summed E-state index contributed by atoms with van der Waals surface area (Å²) in [5.74, 6) is 2.95. The van der Waals surface area contributed by atoms with Crippen LogP contribution >= 0.6 is 0 Å². The second-order valence-electron chi connectivity index (χ2n) is 7.61. The third kappa shape index (κ3) is 6.36. The molecule has 0 atom stereocenters. The van der Waals surface area contributed by atoms with Crippen LogP contribution in [0.2, 0.25) is 19.6 Å². The van der Waals surface area contributed by atoms with Crippen LogP contribution in [0.25, 0.3) is 0 Å². The van der Waals surface area contributed by atoms with Crippen LogP contribution < -0.4 is 5.73 Å². The lowest BCUT2D eigenvalue weighted by Gasteiger charge is -2.20. The number of anilines is 1. The Kier molecular flexibility index (Phi) is 5.48. The van der Waals surface area contributed by atoms with Crippen molar-refractivity contribution >= 4 is 19.7 Å². The van der Waals surface area contributed by atoms with E-state index in [9.17, 15) is 4.79 Å². The zero-order valence-corrected chi connectivity index (χ0v) is 15.8. The molecule has 0 amide bonds. The molecule has 0 fully saturated rings.